The summed E-state index contributed by atoms with van der Waals surface area (Å²) in [7, 11) is 3.33. The summed E-state index contributed by atoms with van der Waals surface area (Å²) in [6, 6.07) is 7.24. The molecule has 3 amide bonds. The van der Waals surface area contributed by atoms with Crippen LogP contribution in [-0.2, 0) is 20.8 Å². The molecular weight excluding hydrogens is 404 g/mol. The number of imide groups is 1. The van der Waals surface area contributed by atoms with Crippen molar-refractivity contribution in [2.75, 3.05) is 14.2 Å². The zero-order chi connectivity index (χ0) is 21.3. The monoisotopic (exact) mass is 434 g/mol. The van der Waals surface area contributed by atoms with E-state index in [0.29, 0.717) is 24.4 Å². The van der Waals surface area contributed by atoms with Crippen LogP contribution in [0.3, 0.4) is 0 Å². The molecule has 4 unspecified atom stereocenters. The quantitative estimate of drug-likeness (QED) is 0.695. The number of methoxy groups -OCH3 is 2. The first kappa shape index (κ1) is 21.6. The highest BCUT2D eigenvalue weighted by atomic mass is 35.5. The predicted molar refractivity (Wildman–Crippen MR) is 114 cm³/mol. The molecule has 1 heterocycles. The number of carbonyl (C=O) groups excluding carboxylic acids is 2. The van der Waals surface area contributed by atoms with E-state index in [1.165, 1.54) is 6.42 Å². The van der Waals surface area contributed by atoms with Gasteiger partial charge in [-0.1, -0.05) is 43.0 Å². The van der Waals surface area contributed by atoms with Crippen LogP contribution in [0, 0.1) is 5.92 Å². The Kier molecular flexibility index (Phi) is 6.66. The van der Waals surface area contributed by atoms with E-state index in [9.17, 15) is 9.59 Å². The fraction of sp³-hybridized carbons (Fsp3) is 0.652. The van der Waals surface area contributed by atoms with Crippen LogP contribution < -0.4 is 0 Å². The standard InChI is InChI=1S/C23H31ClN2O4/c1-29-20-12-18-19(13-21(20)30-2)25(14-15-8-10-16(24)11-9-15)23(28)26(22(18)27)17-6-4-3-5-7-17/h8-11,17-21H,3-7,12-14H2,1-2H3. The maximum Gasteiger partial charge on any atom is 0.327 e. The number of benzene rings is 1. The third-order valence-corrected chi connectivity index (χ3v) is 7.31. The summed E-state index contributed by atoms with van der Waals surface area (Å²) in [5.41, 5.74) is 1.01. The van der Waals surface area contributed by atoms with Crippen molar-refractivity contribution in [3.8, 4) is 0 Å². The average Bonchev–Trinajstić information content (AvgIpc) is 2.78. The number of carbonyl (C=O) groups is 2. The molecule has 1 aliphatic heterocycles. The molecule has 4 rings (SSSR count). The number of hydrogen-bond donors (Lipinski definition) is 0. The fourth-order valence-electron chi connectivity index (χ4n) is 5.42. The smallest absolute Gasteiger partial charge is 0.327 e. The normalized spacial score (nSPS) is 30.5. The summed E-state index contributed by atoms with van der Waals surface area (Å²) in [6.45, 7) is 0.460. The van der Waals surface area contributed by atoms with Gasteiger partial charge in [0.1, 0.15) is 0 Å². The van der Waals surface area contributed by atoms with E-state index in [1.807, 2.05) is 29.2 Å². The highest BCUT2D eigenvalue weighted by Gasteiger charge is 2.53. The number of nitrogens with zero attached hydrogens (tertiary/aromatic N) is 2. The van der Waals surface area contributed by atoms with Crippen molar-refractivity contribution in [3.05, 3.63) is 34.9 Å². The molecule has 0 bridgehead atoms. The van der Waals surface area contributed by atoms with Gasteiger partial charge in [0.2, 0.25) is 5.91 Å². The van der Waals surface area contributed by atoms with Crippen molar-refractivity contribution < 1.29 is 19.1 Å². The van der Waals surface area contributed by atoms with Gasteiger partial charge in [-0.05, 0) is 43.4 Å². The summed E-state index contributed by atoms with van der Waals surface area (Å²) in [5, 5.41) is 0.667. The second-order valence-corrected chi connectivity index (χ2v) is 9.17. The molecule has 7 heteroatoms. The molecule has 2 aliphatic carbocycles. The Balaban J connectivity index is 1.66. The molecule has 6 nitrogen and oxygen atoms in total. The zero-order valence-corrected chi connectivity index (χ0v) is 18.5. The maximum atomic E-state index is 13.6. The van der Waals surface area contributed by atoms with Crippen LogP contribution >= 0.6 is 11.6 Å². The molecule has 0 aromatic heterocycles. The van der Waals surface area contributed by atoms with Crippen molar-refractivity contribution in [2.45, 2.75) is 75.8 Å². The topological polar surface area (TPSA) is 59.1 Å². The Morgan fingerprint density at radius 3 is 2.23 bits per heavy atom. The summed E-state index contributed by atoms with van der Waals surface area (Å²) in [6.07, 6.45) is 6.02. The molecule has 3 aliphatic rings. The van der Waals surface area contributed by atoms with Crippen LogP contribution in [-0.4, -0.2) is 60.2 Å². The first-order chi connectivity index (χ1) is 14.5. The lowest BCUT2D eigenvalue weighted by molar-refractivity contribution is -0.154. The maximum absolute atomic E-state index is 13.6. The van der Waals surface area contributed by atoms with E-state index in [-0.39, 0.29) is 42.1 Å². The third kappa shape index (κ3) is 4.10. The van der Waals surface area contributed by atoms with Gasteiger partial charge in [-0.3, -0.25) is 9.69 Å². The minimum Gasteiger partial charge on any atom is -0.379 e. The largest absolute Gasteiger partial charge is 0.379 e. The van der Waals surface area contributed by atoms with Crippen LogP contribution in [0.2, 0.25) is 5.02 Å². The van der Waals surface area contributed by atoms with Gasteiger partial charge in [0, 0.05) is 37.9 Å². The molecule has 1 saturated heterocycles. The molecule has 2 saturated carbocycles. The first-order valence-corrected chi connectivity index (χ1v) is 11.3. The Labute approximate surface area is 183 Å². The van der Waals surface area contributed by atoms with E-state index >= 15 is 0 Å². The van der Waals surface area contributed by atoms with E-state index in [4.69, 9.17) is 21.1 Å². The second kappa shape index (κ2) is 9.25. The molecule has 1 aromatic rings. The summed E-state index contributed by atoms with van der Waals surface area (Å²) in [5.74, 6) is -0.283. The van der Waals surface area contributed by atoms with Gasteiger partial charge in [0.25, 0.3) is 0 Å². The number of urea groups is 1. The van der Waals surface area contributed by atoms with E-state index in [1.54, 1.807) is 19.1 Å². The van der Waals surface area contributed by atoms with Crippen molar-refractivity contribution in [2.24, 2.45) is 5.92 Å². The van der Waals surface area contributed by atoms with Crippen molar-refractivity contribution in [3.63, 3.8) is 0 Å². The molecule has 0 N–H and O–H groups in total. The van der Waals surface area contributed by atoms with E-state index in [2.05, 4.69) is 0 Å². The lowest BCUT2D eigenvalue weighted by atomic mass is 9.77. The van der Waals surface area contributed by atoms with E-state index in [0.717, 1.165) is 31.2 Å². The Bertz CT molecular complexity index is 765. The zero-order valence-electron chi connectivity index (χ0n) is 17.8. The Morgan fingerprint density at radius 1 is 0.967 bits per heavy atom. The van der Waals surface area contributed by atoms with Crippen LogP contribution in [0.4, 0.5) is 4.79 Å². The summed E-state index contributed by atoms with van der Waals surface area (Å²) in [4.78, 5) is 30.6. The number of fused-ring (bicyclic) bond motifs is 1. The SMILES string of the molecule is COC1CC2C(=O)N(C3CCCCC3)C(=O)N(Cc3ccc(Cl)cc3)C2CC1OC. The number of rotatable bonds is 5. The van der Waals surface area contributed by atoms with Gasteiger partial charge in [0.15, 0.2) is 0 Å². The van der Waals surface area contributed by atoms with Crippen molar-refractivity contribution in [1.29, 1.82) is 0 Å². The van der Waals surface area contributed by atoms with Crippen molar-refractivity contribution >= 4 is 23.5 Å². The molecular formula is C23H31ClN2O4. The number of ether oxygens (including phenoxy) is 2. The minimum atomic E-state index is -0.256. The highest BCUT2D eigenvalue weighted by molar-refractivity contribution is 6.30. The van der Waals surface area contributed by atoms with Crippen LogP contribution in [0.5, 0.6) is 0 Å². The van der Waals surface area contributed by atoms with Gasteiger partial charge < -0.3 is 14.4 Å². The first-order valence-electron chi connectivity index (χ1n) is 11.0. The van der Waals surface area contributed by atoms with Gasteiger partial charge in [-0.25, -0.2) is 4.79 Å². The molecule has 3 fully saturated rings. The minimum absolute atomic E-state index is 0.00793. The molecule has 1 aromatic carbocycles. The Morgan fingerprint density at radius 2 is 1.60 bits per heavy atom. The Hall–Kier alpha value is -1.63. The molecule has 0 radical (unpaired) electrons. The van der Waals surface area contributed by atoms with E-state index < -0.39 is 0 Å². The fourth-order valence-corrected chi connectivity index (χ4v) is 5.54. The van der Waals surface area contributed by atoms with Gasteiger partial charge in [-0.2, -0.15) is 0 Å². The lowest BCUT2D eigenvalue weighted by Crippen LogP contribution is -2.67. The third-order valence-electron chi connectivity index (χ3n) is 7.06. The lowest BCUT2D eigenvalue weighted by Gasteiger charge is -2.51. The average molecular weight is 435 g/mol. The van der Waals surface area contributed by atoms with Crippen LogP contribution in [0.25, 0.3) is 0 Å². The van der Waals surface area contributed by atoms with Gasteiger partial charge >= 0.3 is 6.03 Å². The number of amides is 3. The molecule has 164 valence electrons. The number of hydrogen-bond acceptors (Lipinski definition) is 4. The molecule has 0 spiro atoms. The van der Waals surface area contributed by atoms with Crippen LogP contribution in [0.15, 0.2) is 24.3 Å². The predicted octanol–water partition coefficient (Wildman–Crippen LogP) is 4.25. The van der Waals surface area contributed by atoms with Crippen molar-refractivity contribution in [1.82, 2.24) is 9.80 Å². The molecule has 4 atom stereocenters. The molecule has 30 heavy (non-hydrogen) atoms. The highest BCUT2D eigenvalue weighted by Crippen LogP contribution is 2.39. The van der Waals surface area contributed by atoms with Gasteiger partial charge in [0.05, 0.1) is 18.1 Å². The summed E-state index contributed by atoms with van der Waals surface area (Å²) >= 11 is 6.04. The summed E-state index contributed by atoms with van der Waals surface area (Å²) < 4.78 is 11.3. The van der Waals surface area contributed by atoms with Gasteiger partial charge in [-0.15, -0.1) is 0 Å². The second-order valence-electron chi connectivity index (χ2n) is 8.73. The van der Waals surface area contributed by atoms with Crippen LogP contribution in [0.1, 0.15) is 50.5 Å². The number of halogens is 1.